The van der Waals surface area contributed by atoms with Crippen LogP contribution in [0.25, 0.3) is 0 Å². The van der Waals surface area contributed by atoms with Crippen molar-refractivity contribution in [3.8, 4) is 0 Å². The zero-order valence-corrected chi connectivity index (χ0v) is 5.37. The van der Waals surface area contributed by atoms with Crippen molar-refractivity contribution in [3.63, 3.8) is 0 Å². The molecule has 0 aromatic carbocycles. The Morgan fingerprint density at radius 2 is 2.78 bits per heavy atom. The van der Waals surface area contributed by atoms with Gasteiger partial charge in [0.1, 0.15) is 0 Å². The van der Waals surface area contributed by atoms with E-state index in [0.717, 1.165) is 6.54 Å². The van der Waals surface area contributed by atoms with Crippen molar-refractivity contribution in [2.45, 2.75) is 6.54 Å². The lowest BCUT2D eigenvalue weighted by Crippen LogP contribution is -2.03. The maximum absolute atomic E-state index is 7.13. The van der Waals surface area contributed by atoms with Crippen LogP contribution in [0.3, 0.4) is 0 Å². The van der Waals surface area contributed by atoms with Crippen molar-refractivity contribution < 1.29 is 6.11 Å². The van der Waals surface area contributed by atoms with Crippen molar-refractivity contribution in [1.29, 1.82) is 0 Å². The highest BCUT2D eigenvalue weighted by atomic mass is 16.5. The summed E-state index contributed by atoms with van der Waals surface area (Å²) in [6.45, 7) is 1.36. The van der Waals surface area contributed by atoms with E-state index in [0.29, 0.717) is 12.6 Å². The van der Waals surface area contributed by atoms with Crippen molar-refractivity contribution in [2.24, 2.45) is 0 Å². The van der Waals surface area contributed by atoms with Gasteiger partial charge in [0.25, 0.3) is 0 Å². The lowest BCUT2D eigenvalue weighted by molar-refractivity contribution is 0.183. The maximum atomic E-state index is 7.13. The number of methoxy groups -OCH3 is 1. The van der Waals surface area contributed by atoms with Gasteiger partial charge in [-0.25, -0.2) is 0 Å². The molecule has 0 aliphatic carbocycles. The first-order valence-electron chi connectivity index (χ1n) is 3.31. The summed E-state index contributed by atoms with van der Waals surface area (Å²) in [7, 11) is 1.64. The average Bonchev–Trinajstić information content (AvgIpc) is 2.31. The normalized spacial score (nSPS) is 11.4. The van der Waals surface area contributed by atoms with Gasteiger partial charge >= 0.3 is 0 Å². The third-order valence-electron chi connectivity index (χ3n) is 1.03. The van der Waals surface area contributed by atoms with Crippen LogP contribution in [0.1, 0.15) is 1.37 Å². The first-order chi connectivity index (χ1) is 4.83. The van der Waals surface area contributed by atoms with Gasteiger partial charge in [-0.05, 0) is 6.04 Å². The quantitative estimate of drug-likeness (QED) is 0.592. The van der Waals surface area contributed by atoms with Gasteiger partial charge in [0.15, 0.2) is 0 Å². The fourth-order valence-electron chi connectivity index (χ4n) is 0.567. The minimum atomic E-state index is 0.441. The molecule has 0 aliphatic rings. The summed E-state index contributed by atoms with van der Waals surface area (Å²) < 4.78 is 13.6. The summed E-state index contributed by atoms with van der Waals surface area (Å²) in [5.74, 6) is 0. The predicted molar refractivity (Wildman–Crippen MR) is 34.1 cm³/mol. The molecule has 0 bridgehead atoms. The number of nitrogens with zero attached hydrogens (tertiary/aromatic N) is 2. The van der Waals surface area contributed by atoms with Crippen molar-refractivity contribution in [3.05, 3.63) is 18.4 Å². The summed E-state index contributed by atoms with van der Waals surface area (Å²) in [6, 6.07) is 0.441. The predicted octanol–water partition coefficient (Wildman–Crippen LogP) is 0.529. The molecule has 0 N–H and O–H groups in total. The molecule has 50 valence electrons. The molecule has 1 aromatic heterocycles. The first kappa shape index (κ1) is 4.99. The molecule has 9 heavy (non-hydrogen) atoms. The van der Waals surface area contributed by atoms with Gasteiger partial charge in [0.2, 0.25) is 0 Å². The Hall–Kier alpha value is -0.830. The van der Waals surface area contributed by atoms with E-state index in [2.05, 4.69) is 5.10 Å². The molecule has 0 spiro atoms. The van der Waals surface area contributed by atoms with Gasteiger partial charge in [-0.15, -0.1) is 0 Å². The van der Waals surface area contributed by atoms with E-state index in [4.69, 9.17) is 6.11 Å². The van der Waals surface area contributed by atoms with E-state index in [1.807, 2.05) is 0 Å². The fourth-order valence-corrected chi connectivity index (χ4v) is 0.567. The molecule has 0 saturated carbocycles. The Bertz CT molecular complexity index is 199. The molecule has 1 aromatic rings. The highest BCUT2D eigenvalue weighted by Gasteiger charge is 1.85. The van der Waals surface area contributed by atoms with Crippen LogP contribution in [-0.4, -0.2) is 23.5 Å². The molecule has 3 heteroatoms. The van der Waals surface area contributed by atoms with Gasteiger partial charge in [0, 0.05) is 19.5 Å². The lowest BCUT2D eigenvalue weighted by atomic mass is 10.7. The second kappa shape index (κ2) is 3.25. The number of hydrogen-bond donors (Lipinski definition) is 0. The van der Waals surface area contributed by atoms with Crippen molar-refractivity contribution in [2.75, 3.05) is 13.7 Å². The Balaban J connectivity index is 2.42. The fraction of sp³-hybridized carbons (Fsp3) is 0.500. The van der Waals surface area contributed by atoms with Crippen molar-refractivity contribution in [1.82, 2.24) is 9.78 Å². The highest BCUT2D eigenvalue weighted by molar-refractivity contribution is 4.77. The Morgan fingerprint density at radius 3 is 3.33 bits per heavy atom. The van der Waals surface area contributed by atoms with E-state index in [1.54, 1.807) is 18.0 Å². The standard InChI is InChI=1S/C6H10N2O/c1-9-6-5-8-4-2-3-7-8/h2-4H,5-6H2,1H3/i2D. The molecule has 0 fully saturated rings. The Kier molecular flexibility index (Phi) is 1.80. The Labute approximate surface area is 55.7 Å². The number of hydrogen-bond acceptors (Lipinski definition) is 2. The SMILES string of the molecule is [2H]c1cnn(CCOC)c1. The van der Waals surface area contributed by atoms with Gasteiger partial charge in [0.05, 0.1) is 14.5 Å². The van der Waals surface area contributed by atoms with Gasteiger partial charge in [-0.1, -0.05) is 0 Å². The van der Waals surface area contributed by atoms with Crippen LogP contribution in [0.4, 0.5) is 0 Å². The molecule has 0 unspecified atom stereocenters. The van der Waals surface area contributed by atoms with E-state index < -0.39 is 0 Å². The van der Waals surface area contributed by atoms with Crippen LogP contribution in [0, 0.1) is 0 Å². The summed E-state index contributed by atoms with van der Waals surface area (Å²) in [5, 5.41) is 3.90. The minimum absolute atomic E-state index is 0.441. The lowest BCUT2D eigenvalue weighted by Gasteiger charge is -1.97. The van der Waals surface area contributed by atoms with Crippen LogP contribution >= 0.6 is 0 Å². The summed E-state index contributed by atoms with van der Waals surface area (Å²) in [4.78, 5) is 0. The summed E-state index contributed by atoms with van der Waals surface area (Å²) >= 11 is 0. The second-order valence-corrected chi connectivity index (χ2v) is 1.70. The van der Waals surface area contributed by atoms with Gasteiger partial charge < -0.3 is 4.74 Å². The molecule has 0 aliphatic heterocycles. The maximum Gasteiger partial charge on any atom is 0.0658 e. The van der Waals surface area contributed by atoms with Crippen LogP contribution in [0.2, 0.25) is 0 Å². The van der Waals surface area contributed by atoms with Crippen LogP contribution in [-0.2, 0) is 11.3 Å². The Morgan fingerprint density at radius 1 is 1.89 bits per heavy atom. The van der Waals surface area contributed by atoms with Gasteiger partial charge in [-0.2, -0.15) is 5.10 Å². The van der Waals surface area contributed by atoms with E-state index in [1.165, 1.54) is 6.20 Å². The van der Waals surface area contributed by atoms with Crippen LogP contribution in [0.5, 0.6) is 0 Å². The third kappa shape index (κ3) is 1.85. The number of rotatable bonds is 3. The van der Waals surface area contributed by atoms with Crippen LogP contribution in [0.15, 0.2) is 18.4 Å². The highest BCUT2D eigenvalue weighted by Crippen LogP contribution is 1.82. The smallest absolute Gasteiger partial charge is 0.0658 e. The molecule has 0 amide bonds. The van der Waals surface area contributed by atoms with E-state index >= 15 is 0 Å². The molecule has 1 heterocycles. The zero-order chi connectivity index (χ0) is 7.40. The minimum Gasteiger partial charge on any atom is -0.383 e. The van der Waals surface area contributed by atoms with Crippen LogP contribution < -0.4 is 0 Å². The molecular weight excluding hydrogens is 116 g/mol. The molecule has 0 radical (unpaired) electrons. The molecule has 3 nitrogen and oxygen atoms in total. The molecular formula is C6H10N2O. The van der Waals surface area contributed by atoms with Crippen molar-refractivity contribution >= 4 is 0 Å². The summed E-state index contributed by atoms with van der Waals surface area (Å²) in [5.41, 5.74) is 0. The molecule has 0 saturated heterocycles. The average molecular weight is 127 g/mol. The molecule has 1 rings (SSSR count). The number of aromatic nitrogens is 2. The monoisotopic (exact) mass is 127 g/mol. The number of ether oxygens (including phenoxy) is 1. The summed E-state index contributed by atoms with van der Waals surface area (Å²) in [6.07, 6.45) is 3.18. The molecule has 0 atom stereocenters. The van der Waals surface area contributed by atoms with Gasteiger partial charge in [-0.3, -0.25) is 4.68 Å². The first-order valence-corrected chi connectivity index (χ1v) is 2.81. The van der Waals surface area contributed by atoms with E-state index in [-0.39, 0.29) is 0 Å². The largest absolute Gasteiger partial charge is 0.383 e. The van der Waals surface area contributed by atoms with E-state index in [9.17, 15) is 0 Å². The zero-order valence-electron chi connectivity index (χ0n) is 6.37. The third-order valence-corrected chi connectivity index (χ3v) is 1.03. The second-order valence-electron chi connectivity index (χ2n) is 1.70. The topological polar surface area (TPSA) is 27.1 Å².